The van der Waals surface area contributed by atoms with E-state index in [1.165, 1.54) is 16.6 Å². The number of fused-ring (bicyclic) bond motifs is 1. The second-order valence-electron chi connectivity index (χ2n) is 5.44. The molecular weight excluding hydrogens is 272 g/mol. The summed E-state index contributed by atoms with van der Waals surface area (Å²) in [6.07, 6.45) is 1.90. The van der Waals surface area contributed by atoms with Crippen LogP contribution in [-0.4, -0.2) is 16.6 Å². The zero-order valence-electron chi connectivity index (χ0n) is 13.0. The van der Waals surface area contributed by atoms with Gasteiger partial charge in [0.25, 0.3) is 0 Å². The Morgan fingerprint density at radius 3 is 2.45 bits per heavy atom. The summed E-state index contributed by atoms with van der Waals surface area (Å²) in [5.74, 6) is 0.0698. The van der Waals surface area contributed by atoms with Crippen LogP contribution in [0, 0.1) is 6.92 Å². The lowest BCUT2D eigenvalue weighted by atomic mass is 10.1. The van der Waals surface area contributed by atoms with Crippen molar-refractivity contribution in [3.05, 3.63) is 65.4 Å². The van der Waals surface area contributed by atoms with Crippen LogP contribution in [0.1, 0.15) is 28.5 Å². The van der Waals surface area contributed by atoms with E-state index in [-0.39, 0.29) is 5.78 Å². The van der Waals surface area contributed by atoms with Gasteiger partial charge in [-0.2, -0.15) is 0 Å². The van der Waals surface area contributed by atoms with E-state index in [1.807, 2.05) is 42.6 Å². The van der Waals surface area contributed by atoms with Crippen LogP contribution in [0.2, 0.25) is 0 Å². The third-order valence-corrected chi connectivity index (χ3v) is 4.07. The quantitative estimate of drug-likeness (QED) is 0.518. The van der Waals surface area contributed by atoms with Crippen LogP contribution >= 0.6 is 0 Å². The molecule has 1 aromatic heterocycles. The molecule has 0 spiro atoms. The predicted octanol–water partition coefficient (Wildman–Crippen LogP) is 4.44. The van der Waals surface area contributed by atoms with E-state index >= 15 is 0 Å². The van der Waals surface area contributed by atoms with E-state index in [2.05, 4.69) is 35.7 Å². The summed E-state index contributed by atoms with van der Waals surface area (Å²) in [5.41, 5.74) is 5.07. The Balaban J connectivity index is 1.99. The van der Waals surface area contributed by atoms with E-state index in [9.17, 15) is 4.79 Å². The molecule has 0 amide bonds. The minimum atomic E-state index is 0.0698. The van der Waals surface area contributed by atoms with Crippen molar-refractivity contribution in [1.29, 1.82) is 0 Å². The molecule has 3 rings (SSSR count). The fourth-order valence-electron chi connectivity index (χ4n) is 2.63. The van der Waals surface area contributed by atoms with Crippen molar-refractivity contribution in [2.24, 2.45) is 12.0 Å². The van der Waals surface area contributed by atoms with Crippen LogP contribution in [0.3, 0.4) is 0 Å². The number of hydrogen-bond donors (Lipinski definition) is 0. The molecule has 3 heteroatoms. The molecule has 0 atom stereocenters. The van der Waals surface area contributed by atoms with Gasteiger partial charge in [-0.05, 0) is 44.2 Å². The van der Waals surface area contributed by atoms with Gasteiger partial charge in [-0.1, -0.05) is 18.2 Å². The van der Waals surface area contributed by atoms with Gasteiger partial charge < -0.3 is 4.57 Å². The van der Waals surface area contributed by atoms with Gasteiger partial charge in [-0.25, -0.2) is 0 Å². The Morgan fingerprint density at radius 2 is 1.77 bits per heavy atom. The van der Waals surface area contributed by atoms with Crippen LogP contribution in [0.25, 0.3) is 10.9 Å². The monoisotopic (exact) mass is 290 g/mol. The number of para-hydroxylation sites is 1. The number of ketones is 1. The molecule has 0 radical (unpaired) electrons. The van der Waals surface area contributed by atoms with Gasteiger partial charge in [0.2, 0.25) is 0 Å². The molecule has 0 N–H and O–H groups in total. The molecule has 0 aliphatic heterocycles. The number of nitrogens with zero attached hydrogens (tertiary/aromatic N) is 2. The highest BCUT2D eigenvalue weighted by atomic mass is 16.1. The highest BCUT2D eigenvalue weighted by Crippen LogP contribution is 2.24. The normalized spacial score (nSPS) is 11.4. The molecule has 110 valence electrons. The Morgan fingerprint density at radius 1 is 1.09 bits per heavy atom. The molecule has 0 aliphatic rings. The van der Waals surface area contributed by atoms with Gasteiger partial charge in [0.1, 0.15) is 0 Å². The van der Waals surface area contributed by atoms with E-state index in [0.29, 0.717) is 5.56 Å². The number of carbonyl (C=O) groups excluding carboxylic acids is 1. The first kappa shape index (κ1) is 14.3. The third kappa shape index (κ3) is 2.46. The smallest absolute Gasteiger partial charge is 0.159 e. The second kappa shape index (κ2) is 5.60. The highest BCUT2D eigenvalue weighted by molar-refractivity contribution is 6.01. The maximum absolute atomic E-state index is 11.3. The number of aliphatic imine (C=N–C) groups is 1. The maximum Gasteiger partial charge on any atom is 0.159 e. The summed E-state index contributed by atoms with van der Waals surface area (Å²) < 4.78 is 2.18. The van der Waals surface area contributed by atoms with Crippen molar-refractivity contribution in [3.8, 4) is 0 Å². The molecular formula is C19H18N2O. The fourth-order valence-corrected chi connectivity index (χ4v) is 2.63. The lowest BCUT2D eigenvalue weighted by Crippen LogP contribution is -1.92. The van der Waals surface area contributed by atoms with Gasteiger partial charge in [0, 0.05) is 41.0 Å². The average molecular weight is 290 g/mol. The Hall–Kier alpha value is -2.68. The summed E-state index contributed by atoms with van der Waals surface area (Å²) >= 11 is 0. The predicted molar refractivity (Wildman–Crippen MR) is 91.4 cm³/mol. The van der Waals surface area contributed by atoms with Crippen molar-refractivity contribution < 1.29 is 4.79 Å². The zero-order valence-corrected chi connectivity index (χ0v) is 13.0. The summed E-state index contributed by atoms with van der Waals surface area (Å²) in [7, 11) is 2.07. The summed E-state index contributed by atoms with van der Waals surface area (Å²) in [5, 5.41) is 1.20. The van der Waals surface area contributed by atoms with E-state index < -0.39 is 0 Å². The first-order valence-electron chi connectivity index (χ1n) is 7.27. The van der Waals surface area contributed by atoms with Gasteiger partial charge in [0.05, 0.1) is 5.69 Å². The van der Waals surface area contributed by atoms with Crippen molar-refractivity contribution in [1.82, 2.24) is 4.57 Å². The second-order valence-corrected chi connectivity index (χ2v) is 5.44. The lowest BCUT2D eigenvalue weighted by molar-refractivity contribution is 0.101. The van der Waals surface area contributed by atoms with E-state index in [1.54, 1.807) is 6.92 Å². The topological polar surface area (TPSA) is 34.4 Å². The van der Waals surface area contributed by atoms with Gasteiger partial charge >= 0.3 is 0 Å². The molecule has 0 saturated carbocycles. The highest BCUT2D eigenvalue weighted by Gasteiger charge is 2.09. The largest absolute Gasteiger partial charge is 0.347 e. The summed E-state index contributed by atoms with van der Waals surface area (Å²) in [4.78, 5) is 15.8. The van der Waals surface area contributed by atoms with E-state index in [0.717, 1.165) is 11.3 Å². The number of aryl methyl sites for hydroxylation is 1. The molecule has 22 heavy (non-hydrogen) atoms. The first-order chi connectivity index (χ1) is 10.6. The van der Waals surface area contributed by atoms with Crippen LogP contribution in [0.4, 0.5) is 5.69 Å². The fraction of sp³-hybridized carbons (Fsp3) is 0.158. The van der Waals surface area contributed by atoms with Crippen molar-refractivity contribution in [3.63, 3.8) is 0 Å². The number of carbonyl (C=O) groups is 1. The van der Waals surface area contributed by atoms with Crippen molar-refractivity contribution in [2.45, 2.75) is 13.8 Å². The van der Waals surface area contributed by atoms with Crippen LogP contribution in [-0.2, 0) is 7.05 Å². The molecule has 0 saturated heterocycles. The minimum Gasteiger partial charge on any atom is -0.347 e. The Bertz CT molecular complexity index is 870. The molecule has 0 fully saturated rings. The van der Waals surface area contributed by atoms with Crippen LogP contribution in [0.5, 0.6) is 0 Å². The molecule has 0 unspecified atom stereocenters. The number of benzene rings is 2. The van der Waals surface area contributed by atoms with Crippen LogP contribution in [0.15, 0.2) is 53.5 Å². The number of Topliss-reactive ketones (excluding diaryl/α,β-unsaturated/α-hetero) is 1. The third-order valence-electron chi connectivity index (χ3n) is 4.07. The number of hydrogen-bond acceptors (Lipinski definition) is 2. The maximum atomic E-state index is 11.3. The van der Waals surface area contributed by atoms with Gasteiger partial charge in [-0.3, -0.25) is 9.79 Å². The zero-order chi connectivity index (χ0) is 15.7. The number of aromatic nitrogens is 1. The molecule has 1 heterocycles. The van der Waals surface area contributed by atoms with Crippen molar-refractivity contribution in [2.75, 3.05) is 0 Å². The Labute approximate surface area is 129 Å². The molecule has 3 aromatic rings. The summed E-state index contributed by atoms with van der Waals surface area (Å²) in [6, 6.07) is 15.7. The number of rotatable bonds is 3. The minimum absolute atomic E-state index is 0.0698. The molecule has 0 aliphatic carbocycles. The molecule has 2 aromatic carbocycles. The summed E-state index contributed by atoms with van der Waals surface area (Å²) in [6.45, 7) is 3.66. The van der Waals surface area contributed by atoms with Gasteiger partial charge in [-0.15, -0.1) is 0 Å². The standard InChI is InChI=1S/C19H18N2O/c1-13-18(17-6-4-5-7-19(17)21(13)3)12-20-16-10-8-15(9-11-16)14(2)22/h4-12H,1-3H3. The van der Waals surface area contributed by atoms with Crippen molar-refractivity contribution >= 4 is 28.6 Å². The van der Waals surface area contributed by atoms with Crippen LogP contribution < -0.4 is 0 Å². The Kier molecular flexibility index (Phi) is 3.63. The SMILES string of the molecule is CC(=O)c1ccc(N=Cc2c(C)n(C)c3ccccc23)cc1. The molecule has 3 nitrogen and oxygen atoms in total. The average Bonchev–Trinajstić information content (AvgIpc) is 2.78. The molecule has 0 bridgehead atoms. The first-order valence-corrected chi connectivity index (χ1v) is 7.27. The van der Waals surface area contributed by atoms with Gasteiger partial charge in [0.15, 0.2) is 5.78 Å². The van der Waals surface area contributed by atoms with E-state index in [4.69, 9.17) is 0 Å². The lowest BCUT2D eigenvalue weighted by Gasteiger charge is -1.98.